The number of carboxylic acid groups (broad SMARTS) is 1. The molecule has 0 saturated carbocycles. The van der Waals surface area contributed by atoms with Gasteiger partial charge in [0, 0.05) is 30.6 Å². The molecule has 2 aromatic carbocycles. The zero-order valence-corrected chi connectivity index (χ0v) is 20.1. The average molecular weight is 525 g/mol. The van der Waals surface area contributed by atoms with Gasteiger partial charge in [0.05, 0.1) is 22.6 Å². The highest BCUT2D eigenvalue weighted by molar-refractivity contribution is 5.94. The number of rotatable bonds is 6. The van der Waals surface area contributed by atoms with Crippen molar-refractivity contribution in [3.63, 3.8) is 0 Å². The molecule has 2 N–H and O–H groups in total. The summed E-state index contributed by atoms with van der Waals surface area (Å²) in [6, 6.07) is 6.91. The molecule has 11 heteroatoms. The van der Waals surface area contributed by atoms with Crippen molar-refractivity contribution < 1.29 is 32.9 Å². The van der Waals surface area contributed by atoms with Crippen molar-refractivity contribution in [2.75, 3.05) is 18.1 Å². The lowest BCUT2D eigenvalue weighted by Crippen LogP contribution is -2.36. The number of aromatic nitrogens is 2. The maximum Gasteiger partial charge on any atom is 0.341 e. The topological polar surface area (TPSA) is 105 Å². The van der Waals surface area contributed by atoms with Crippen LogP contribution in [-0.2, 0) is 0 Å². The zero-order valence-electron chi connectivity index (χ0n) is 20.1. The summed E-state index contributed by atoms with van der Waals surface area (Å²) < 4.78 is 53.2. The van der Waals surface area contributed by atoms with Crippen LogP contribution >= 0.6 is 0 Å². The number of carbonyl (C=O) groups is 1. The Balaban J connectivity index is 1.67. The first-order chi connectivity index (χ1) is 18.2. The number of anilines is 1. The van der Waals surface area contributed by atoms with Gasteiger partial charge in [0.15, 0.2) is 11.6 Å². The number of aryl methyl sites for hydroxylation is 1. The minimum absolute atomic E-state index is 0.0894. The van der Waals surface area contributed by atoms with E-state index < -0.39 is 62.8 Å². The van der Waals surface area contributed by atoms with E-state index in [1.54, 1.807) is 12.3 Å². The number of benzene rings is 2. The van der Waals surface area contributed by atoms with Crippen LogP contribution in [0.1, 0.15) is 28.8 Å². The molecule has 1 saturated heterocycles. The fourth-order valence-electron chi connectivity index (χ4n) is 4.80. The summed E-state index contributed by atoms with van der Waals surface area (Å²) in [5, 5.41) is 18.6. The second kappa shape index (κ2) is 9.73. The smallest absolute Gasteiger partial charge is 0.341 e. The Morgan fingerprint density at radius 3 is 2.68 bits per heavy atom. The third kappa shape index (κ3) is 4.29. The first-order valence-corrected chi connectivity index (χ1v) is 11.8. The van der Waals surface area contributed by atoms with Gasteiger partial charge in [-0.3, -0.25) is 4.79 Å². The number of fused-ring (bicyclic) bond motifs is 1. The van der Waals surface area contributed by atoms with Gasteiger partial charge in [-0.05, 0) is 44.0 Å². The molecule has 38 heavy (non-hydrogen) atoms. The largest absolute Gasteiger partial charge is 0.508 e. The third-order valence-corrected chi connectivity index (χ3v) is 6.62. The molecule has 0 bridgehead atoms. The van der Waals surface area contributed by atoms with Crippen LogP contribution in [0, 0.1) is 24.4 Å². The molecule has 4 aromatic rings. The van der Waals surface area contributed by atoms with E-state index in [2.05, 4.69) is 4.98 Å². The van der Waals surface area contributed by atoms with Gasteiger partial charge in [-0.25, -0.2) is 22.9 Å². The summed E-state index contributed by atoms with van der Waals surface area (Å²) in [4.78, 5) is 30.3. The number of nitrogens with zero attached hydrogens (tertiary/aromatic N) is 3. The second-order valence-electron chi connectivity index (χ2n) is 9.03. The van der Waals surface area contributed by atoms with E-state index in [0.717, 1.165) is 40.6 Å². The highest BCUT2D eigenvalue weighted by atomic mass is 19.1. The van der Waals surface area contributed by atoms with Crippen LogP contribution < -0.4 is 15.1 Å². The van der Waals surface area contributed by atoms with Crippen molar-refractivity contribution in [3.05, 3.63) is 87.6 Å². The Morgan fingerprint density at radius 1 is 1.18 bits per heavy atom. The van der Waals surface area contributed by atoms with Crippen molar-refractivity contribution in [2.24, 2.45) is 0 Å². The van der Waals surface area contributed by atoms with Crippen LogP contribution in [0.4, 0.5) is 18.9 Å². The number of ether oxygens (including phenoxy) is 1. The Morgan fingerprint density at radius 2 is 1.97 bits per heavy atom. The molecule has 1 unspecified atom stereocenters. The van der Waals surface area contributed by atoms with Gasteiger partial charge in [0.25, 0.3) is 0 Å². The normalized spacial score (nSPS) is 15.3. The van der Waals surface area contributed by atoms with Crippen molar-refractivity contribution in [1.29, 1.82) is 0 Å². The summed E-state index contributed by atoms with van der Waals surface area (Å²) in [7, 11) is 0. The number of aromatic carboxylic acids is 1. The van der Waals surface area contributed by atoms with Crippen LogP contribution in [-0.4, -0.2) is 44.9 Å². The number of pyridine rings is 2. The molecule has 1 aliphatic rings. The number of carboxylic acids is 1. The molecule has 2 aromatic heterocycles. The van der Waals surface area contributed by atoms with Gasteiger partial charge in [-0.1, -0.05) is 6.07 Å². The SMILES string of the molecule is Cc1cccnc1OCC1CCCN1c1c(F)cc2c(=O)c(C(=O)O)cn(-c3ccc(O)cc3F)c2c1F. The lowest BCUT2D eigenvalue weighted by atomic mass is 10.1. The first-order valence-electron chi connectivity index (χ1n) is 11.8. The highest BCUT2D eigenvalue weighted by Gasteiger charge is 2.32. The van der Waals surface area contributed by atoms with Gasteiger partial charge in [-0.15, -0.1) is 0 Å². The predicted octanol–water partition coefficient (Wildman–Crippen LogP) is 4.56. The summed E-state index contributed by atoms with van der Waals surface area (Å²) >= 11 is 0. The Kier molecular flexibility index (Phi) is 6.43. The van der Waals surface area contributed by atoms with Gasteiger partial charge in [-0.2, -0.15) is 0 Å². The molecule has 1 aliphatic heterocycles. The number of phenols is 1. The lowest BCUT2D eigenvalue weighted by molar-refractivity contribution is 0.0695. The summed E-state index contributed by atoms with van der Waals surface area (Å²) in [5.41, 5.74) is -2.37. The van der Waals surface area contributed by atoms with Crippen molar-refractivity contribution in [2.45, 2.75) is 25.8 Å². The van der Waals surface area contributed by atoms with Crippen molar-refractivity contribution >= 4 is 22.6 Å². The van der Waals surface area contributed by atoms with Gasteiger partial charge >= 0.3 is 5.97 Å². The lowest BCUT2D eigenvalue weighted by Gasteiger charge is -2.28. The maximum absolute atomic E-state index is 16.2. The predicted molar refractivity (Wildman–Crippen MR) is 133 cm³/mol. The quantitative estimate of drug-likeness (QED) is 0.380. The van der Waals surface area contributed by atoms with E-state index in [1.807, 2.05) is 13.0 Å². The number of halogens is 3. The van der Waals surface area contributed by atoms with E-state index in [9.17, 15) is 24.2 Å². The number of aromatic hydroxyl groups is 1. The van der Waals surface area contributed by atoms with Crippen LogP contribution in [0.3, 0.4) is 0 Å². The molecule has 196 valence electrons. The Hall–Kier alpha value is -4.54. The van der Waals surface area contributed by atoms with E-state index in [4.69, 9.17) is 4.74 Å². The summed E-state index contributed by atoms with van der Waals surface area (Å²) in [6.45, 7) is 2.20. The fourth-order valence-corrected chi connectivity index (χ4v) is 4.80. The van der Waals surface area contributed by atoms with Crippen molar-refractivity contribution in [1.82, 2.24) is 9.55 Å². The molecule has 0 spiro atoms. The molecule has 0 aliphatic carbocycles. The van der Waals surface area contributed by atoms with Gasteiger partial charge in [0.1, 0.15) is 29.4 Å². The van der Waals surface area contributed by atoms with E-state index >= 15 is 8.78 Å². The highest BCUT2D eigenvalue weighted by Crippen LogP contribution is 2.36. The second-order valence-corrected chi connectivity index (χ2v) is 9.03. The minimum atomic E-state index is -1.64. The van der Waals surface area contributed by atoms with Crippen molar-refractivity contribution in [3.8, 4) is 17.3 Å². The minimum Gasteiger partial charge on any atom is -0.508 e. The molecular formula is C27H22F3N3O5. The molecular weight excluding hydrogens is 503 g/mol. The fraction of sp³-hybridized carbons (Fsp3) is 0.222. The third-order valence-electron chi connectivity index (χ3n) is 6.62. The van der Waals surface area contributed by atoms with Gasteiger partial charge in [0.2, 0.25) is 11.3 Å². The molecule has 0 radical (unpaired) electrons. The first kappa shape index (κ1) is 25.1. The number of phenolic OH excluding ortho intramolecular Hbond substituents is 1. The van der Waals surface area contributed by atoms with Crippen LogP contribution in [0.15, 0.2) is 53.6 Å². The Labute approximate surface area is 214 Å². The van der Waals surface area contributed by atoms with Crippen LogP contribution in [0.25, 0.3) is 16.6 Å². The van der Waals surface area contributed by atoms with Crippen LogP contribution in [0.5, 0.6) is 11.6 Å². The molecule has 1 atom stereocenters. The van der Waals surface area contributed by atoms with E-state index in [0.29, 0.717) is 25.3 Å². The molecule has 5 rings (SSSR count). The molecule has 1 fully saturated rings. The Bertz CT molecular complexity index is 1640. The number of hydrogen-bond donors (Lipinski definition) is 2. The monoisotopic (exact) mass is 525 g/mol. The summed E-state index contributed by atoms with van der Waals surface area (Å²) in [6.07, 6.45) is 3.55. The van der Waals surface area contributed by atoms with Gasteiger partial charge < -0.3 is 24.4 Å². The zero-order chi connectivity index (χ0) is 27.1. The average Bonchev–Trinajstić information content (AvgIpc) is 3.32. The van der Waals surface area contributed by atoms with E-state index in [-0.39, 0.29) is 12.3 Å². The molecule has 3 heterocycles. The molecule has 8 nitrogen and oxygen atoms in total. The summed E-state index contributed by atoms with van der Waals surface area (Å²) in [5.74, 6) is -4.87. The van der Waals surface area contributed by atoms with E-state index in [1.165, 1.54) is 4.90 Å². The maximum atomic E-state index is 16.2. The standard InChI is InChI=1S/C27H22F3N3O5/c1-14-4-2-8-31-26(14)38-13-15-5-3-9-32(15)24-20(29)11-17-23(22(24)30)33(12-18(25(17)35)27(36)37)21-7-6-16(34)10-19(21)28/h2,4,6-8,10-12,15,34H,3,5,9,13H2,1H3,(H,36,37). The molecule has 0 amide bonds. The van der Waals surface area contributed by atoms with Crippen LogP contribution in [0.2, 0.25) is 0 Å². The number of hydrogen-bond acceptors (Lipinski definition) is 6.